The van der Waals surface area contributed by atoms with Crippen LogP contribution in [0.3, 0.4) is 0 Å². The average molecular weight is 289 g/mol. The van der Waals surface area contributed by atoms with Crippen molar-refractivity contribution in [3.63, 3.8) is 0 Å². The predicted molar refractivity (Wildman–Crippen MR) is 82.3 cm³/mol. The molecule has 3 rings (SSSR count). The summed E-state index contributed by atoms with van der Waals surface area (Å²) in [5.41, 5.74) is 1.20. The van der Waals surface area contributed by atoms with E-state index < -0.39 is 0 Å². The Morgan fingerprint density at radius 3 is 3.00 bits per heavy atom. The van der Waals surface area contributed by atoms with Crippen molar-refractivity contribution in [2.24, 2.45) is 0 Å². The number of hydrogen-bond donors (Lipinski definition) is 2. The van der Waals surface area contributed by atoms with E-state index in [0.717, 1.165) is 38.5 Å². The van der Waals surface area contributed by atoms with Crippen LogP contribution in [-0.2, 0) is 6.54 Å². The van der Waals surface area contributed by atoms with Crippen molar-refractivity contribution in [1.82, 2.24) is 20.5 Å². The Bertz CT molecular complexity index is 501. The number of carbonyl (C=O) groups is 1. The zero-order valence-electron chi connectivity index (χ0n) is 12.7. The van der Waals surface area contributed by atoms with Crippen LogP contribution in [0.2, 0.25) is 0 Å². The van der Waals surface area contributed by atoms with Gasteiger partial charge in [-0.3, -0.25) is 0 Å². The molecule has 2 amide bonds. The van der Waals surface area contributed by atoms with E-state index >= 15 is 0 Å². The van der Waals surface area contributed by atoms with Gasteiger partial charge in [0.15, 0.2) is 0 Å². The Hall–Kier alpha value is -1.82. The zero-order chi connectivity index (χ0) is 14.8. The molecule has 0 bridgehead atoms. The van der Waals surface area contributed by atoms with Crippen molar-refractivity contribution in [1.29, 1.82) is 0 Å². The van der Waals surface area contributed by atoms with E-state index in [0.29, 0.717) is 6.04 Å². The molecule has 2 fully saturated rings. The molecule has 1 aromatic rings. The maximum Gasteiger partial charge on any atom is 0.317 e. The summed E-state index contributed by atoms with van der Waals surface area (Å²) in [6.45, 7) is 8.34. The standard InChI is InChI=1S/C15H23N5O/c1-11(2)16-7-12-3-4-14(17-8-12)19-5-6-20-13(10-19)9-18-15(20)21/h3-4,8,11,13,16H,5-7,9-10H2,1-2H3,(H,18,21). The monoisotopic (exact) mass is 289 g/mol. The van der Waals surface area contributed by atoms with Crippen LogP contribution < -0.4 is 15.5 Å². The molecule has 1 aromatic heterocycles. The van der Waals surface area contributed by atoms with E-state index in [4.69, 9.17) is 0 Å². The van der Waals surface area contributed by atoms with Crippen LogP contribution >= 0.6 is 0 Å². The second-order valence-corrected chi connectivity index (χ2v) is 6.04. The molecule has 2 saturated heterocycles. The van der Waals surface area contributed by atoms with E-state index in [1.807, 2.05) is 11.1 Å². The fourth-order valence-corrected chi connectivity index (χ4v) is 2.84. The van der Waals surface area contributed by atoms with E-state index in [1.54, 1.807) is 0 Å². The molecule has 0 radical (unpaired) electrons. The molecular formula is C15H23N5O. The maximum absolute atomic E-state index is 11.6. The Labute approximate surface area is 125 Å². The number of piperazine rings is 1. The number of nitrogens with zero attached hydrogens (tertiary/aromatic N) is 3. The van der Waals surface area contributed by atoms with Gasteiger partial charge in [-0.15, -0.1) is 0 Å². The molecule has 6 nitrogen and oxygen atoms in total. The first-order valence-corrected chi connectivity index (χ1v) is 7.61. The van der Waals surface area contributed by atoms with E-state index in [-0.39, 0.29) is 12.1 Å². The quantitative estimate of drug-likeness (QED) is 0.860. The number of anilines is 1. The first kappa shape index (κ1) is 14.1. The van der Waals surface area contributed by atoms with E-state index in [9.17, 15) is 4.79 Å². The van der Waals surface area contributed by atoms with E-state index in [2.05, 4.69) is 46.5 Å². The Kier molecular flexibility index (Phi) is 3.96. The molecule has 2 N–H and O–H groups in total. The van der Waals surface area contributed by atoms with Crippen LogP contribution in [0.25, 0.3) is 0 Å². The largest absolute Gasteiger partial charge is 0.353 e. The summed E-state index contributed by atoms with van der Waals surface area (Å²) in [5.74, 6) is 1.00. The van der Waals surface area contributed by atoms with Crippen molar-refractivity contribution >= 4 is 11.8 Å². The normalized spacial score (nSPS) is 21.7. The van der Waals surface area contributed by atoms with Gasteiger partial charge in [-0.05, 0) is 11.6 Å². The average Bonchev–Trinajstić information content (AvgIpc) is 2.86. The van der Waals surface area contributed by atoms with Crippen molar-refractivity contribution in [2.45, 2.75) is 32.5 Å². The van der Waals surface area contributed by atoms with Gasteiger partial charge in [-0.2, -0.15) is 0 Å². The minimum Gasteiger partial charge on any atom is -0.353 e. The van der Waals surface area contributed by atoms with Gasteiger partial charge in [0.1, 0.15) is 5.82 Å². The first-order valence-electron chi connectivity index (χ1n) is 7.61. The van der Waals surface area contributed by atoms with Crippen molar-refractivity contribution in [2.75, 3.05) is 31.1 Å². The highest BCUT2D eigenvalue weighted by Gasteiger charge is 2.35. The molecule has 0 saturated carbocycles. The van der Waals surface area contributed by atoms with Crippen LogP contribution in [0, 0.1) is 0 Å². The van der Waals surface area contributed by atoms with Gasteiger partial charge in [0.2, 0.25) is 0 Å². The maximum atomic E-state index is 11.6. The first-order chi connectivity index (χ1) is 10.1. The highest BCUT2D eigenvalue weighted by atomic mass is 16.2. The smallest absolute Gasteiger partial charge is 0.317 e. The van der Waals surface area contributed by atoms with Gasteiger partial charge in [0, 0.05) is 45.0 Å². The number of nitrogens with one attached hydrogen (secondary N) is 2. The van der Waals surface area contributed by atoms with Crippen molar-refractivity contribution < 1.29 is 4.79 Å². The highest BCUT2D eigenvalue weighted by Crippen LogP contribution is 2.19. The van der Waals surface area contributed by atoms with Crippen LogP contribution in [0.1, 0.15) is 19.4 Å². The third-order valence-corrected chi connectivity index (χ3v) is 4.08. The van der Waals surface area contributed by atoms with Gasteiger partial charge in [-0.25, -0.2) is 9.78 Å². The molecule has 1 unspecified atom stereocenters. The lowest BCUT2D eigenvalue weighted by Crippen LogP contribution is -2.52. The summed E-state index contributed by atoms with van der Waals surface area (Å²) in [5, 5.41) is 6.29. The summed E-state index contributed by atoms with van der Waals surface area (Å²) in [4.78, 5) is 20.4. The number of fused-ring (bicyclic) bond motifs is 1. The molecule has 1 atom stereocenters. The van der Waals surface area contributed by atoms with Crippen LogP contribution in [-0.4, -0.2) is 54.2 Å². The number of pyridine rings is 1. The Morgan fingerprint density at radius 1 is 1.43 bits per heavy atom. The SMILES string of the molecule is CC(C)NCc1ccc(N2CCN3C(=O)NCC3C2)nc1. The third-order valence-electron chi connectivity index (χ3n) is 4.08. The summed E-state index contributed by atoms with van der Waals surface area (Å²) >= 11 is 0. The zero-order valence-corrected chi connectivity index (χ0v) is 12.7. The molecule has 6 heteroatoms. The van der Waals surface area contributed by atoms with Gasteiger partial charge in [0.05, 0.1) is 6.04 Å². The molecule has 0 spiro atoms. The summed E-state index contributed by atoms with van der Waals surface area (Å²) in [6, 6.07) is 5.03. The predicted octanol–water partition coefficient (Wildman–Crippen LogP) is 0.793. The van der Waals surface area contributed by atoms with Gasteiger partial charge >= 0.3 is 6.03 Å². The second kappa shape index (κ2) is 5.89. The summed E-state index contributed by atoms with van der Waals surface area (Å²) in [7, 11) is 0. The summed E-state index contributed by atoms with van der Waals surface area (Å²) < 4.78 is 0. The van der Waals surface area contributed by atoms with E-state index in [1.165, 1.54) is 5.56 Å². The number of amides is 2. The Balaban J connectivity index is 1.61. The fourth-order valence-electron chi connectivity index (χ4n) is 2.84. The summed E-state index contributed by atoms with van der Waals surface area (Å²) in [6.07, 6.45) is 1.94. The van der Waals surface area contributed by atoms with Crippen LogP contribution in [0.5, 0.6) is 0 Å². The number of carbonyl (C=O) groups excluding carboxylic acids is 1. The molecule has 2 aliphatic rings. The second-order valence-electron chi connectivity index (χ2n) is 6.04. The minimum atomic E-state index is 0.0720. The van der Waals surface area contributed by atoms with Crippen molar-refractivity contribution in [3.05, 3.63) is 23.9 Å². The van der Waals surface area contributed by atoms with Crippen LogP contribution in [0.4, 0.5) is 10.6 Å². The highest BCUT2D eigenvalue weighted by molar-refractivity contribution is 5.77. The lowest BCUT2D eigenvalue weighted by Gasteiger charge is -2.37. The molecule has 0 aromatic carbocycles. The minimum absolute atomic E-state index is 0.0720. The Morgan fingerprint density at radius 2 is 2.29 bits per heavy atom. The topological polar surface area (TPSA) is 60.5 Å². The third kappa shape index (κ3) is 3.10. The molecule has 114 valence electrons. The van der Waals surface area contributed by atoms with Gasteiger partial charge < -0.3 is 20.4 Å². The number of urea groups is 1. The lowest BCUT2D eigenvalue weighted by molar-refractivity contribution is 0.197. The number of hydrogen-bond acceptors (Lipinski definition) is 4. The number of aromatic nitrogens is 1. The van der Waals surface area contributed by atoms with Gasteiger partial charge in [-0.1, -0.05) is 19.9 Å². The lowest BCUT2D eigenvalue weighted by atomic mass is 10.2. The van der Waals surface area contributed by atoms with Crippen molar-refractivity contribution in [3.8, 4) is 0 Å². The molecule has 2 aliphatic heterocycles. The van der Waals surface area contributed by atoms with Gasteiger partial charge in [0.25, 0.3) is 0 Å². The number of rotatable bonds is 4. The molecule has 21 heavy (non-hydrogen) atoms. The molecular weight excluding hydrogens is 266 g/mol. The van der Waals surface area contributed by atoms with Crippen LogP contribution in [0.15, 0.2) is 18.3 Å². The molecule has 0 aliphatic carbocycles. The molecule has 3 heterocycles. The fraction of sp³-hybridized carbons (Fsp3) is 0.600.